The van der Waals surface area contributed by atoms with Crippen LogP contribution in [0.25, 0.3) is 0 Å². The standard InChI is InChI=1S/C15H24BrNO/c1-4-17-10-9-12(2)5-6-13-11-14(16)7-8-15(13)18-3/h7-8,11-12,17H,4-6,9-10H2,1-3H3. The third-order valence-electron chi connectivity index (χ3n) is 3.21. The predicted octanol–water partition coefficient (Wildman–Crippen LogP) is 4.03. The van der Waals surface area contributed by atoms with E-state index in [-0.39, 0.29) is 0 Å². The monoisotopic (exact) mass is 313 g/mol. The van der Waals surface area contributed by atoms with Crippen molar-refractivity contribution in [3.63, 3.8) is 0 Å². The van der Waals surface area contributed by atoms with Gasteiger partial charge in [-0.2, -0.15) is 0 Å². The Balaban J connectivity index is 2.44. The Morgan fingerprint density at radius 1 is 1.33 bits per heavy atom. The van der Waals surface area contributed by atoms with E-state index in [0.717, 1.165) is 35.7 Å². The van der Waals surface area contributed by atoms with Gasteiger partial charge < -0.3 is 10.1 Å². The first-order valence-electron chi connectivity index (χ1n) is 6.70. The Labute approximate surface area is 119 Å². The molecule has 18 heavy (non-hydrogen) atoms. The van der Waals surface area contributed by atoms with Crippen molar-refractivity contribution in [3.8, 4) is 5.75 Å². The van der Waals surface area contributed by atoms with E-state index in [1.54, 1.807) is 7.11 Å². The van der Waals surface area contributed by atoms with Gasteiger partial charge in [0.25, 0.3) is 0 Å². The molecular weight excluding hydrogens is 290 g/mol. The number of halogens is 1. The zero-order valence-electron chi connectivity index (χ0n) is 11.6. The summed E-state index contributed by atoms with van der Waals surface area (Å²) in [5, 5.41) is 3.38. The zero-order valence-corrected chi connectivity index (χ0v) is 13.2. The summed E-state index contributed by atoms with van der Waals surface area (Å²) in [4.78, 5) is 0. The molecule has 0 saturated heterocycles. The van der Waals surface area contributed by atoms with Gasteiger partial charge in [0.2, 0.25) is 0 Å². The molecule has 0 aliphatic heterocycles. The second kappa shape index (κ2) is 8.54. The van der Waals surface area contributed by atoms with Crippen molar-refractivity contribution in [2.45, 2.75) is 33.1 Å². The van der Waals surface area contributed by atoms with E-state index in [0.29, 0.717) is 0 Å². The van der Waals surface area contributed by atoms with Crippen LogP contribution in [0.5, 0.6) is 5.75 Å². The quantitative estimate of drug-likeness (QED) is 0.732. The molecule has 1 unspecified atom stereocenters. The predicted molar refractivity (Wildman–Crippen MR) is 81.3 cm³/mol. The molecule has 102 valence electrons. The van der Waals surface area contributed by atoms with E-state index in [9.17, 15) is 0 Å². The molecule has 0 bridgehead atoms. The van der Waals surface area contributed by atoms with Crippen molar-refractivity contribution in [1.82, 2.24) is 5.32 Å². The SMILES string of the molecule is CCNCCC(C)CCc1cc(Br)ccc1OC. The highest BCUT2D eigenvalue weighted by Gasteiger charge is 2.07. The first-order chi connectivity index (χ1) is 8.67. The fraction of sp³-hybridized carbons (Fsp3) is 0.600. The van der Waals surface area contributed by atoms with Crippen LogP contribution in [0, 0.1) is 5.92 Å². The molecule has 0 spiro atoms. The Hall–Kier alpha value is -0.540. The molecule has 0 aliphatic carbocycles. The lowest BCUT2D eigenvalue weighted by molar-refractivity contribution is 0.405. The van der Waals surface area contributed by atoms with Gasteiger partial charge in [-0.05, 0) is 62.0 Å². The molecule has 0 aromatic heterocycles. The molecule has 0 aliphatic rings. The highest BCUT2D eigenvalue weighted by molar-refractivity contribution is 9.10. The lowest BCUT2D eigenvalue weighted by atomic mass is 9.98. The Morgan fingerprint density at radius 2 is 2.11 bits per heavy atom. The van der Waals surface area contributed by atoms with E-state index in [1.807, 2.05) is 12.1 Å². The lowest BCUT2D eigenvalue weighted by Crippen LogP contribution is -2.16. The summed E-state index contributed by atoms with van der Waals surface area (Å²) in [6.07, 6.45) is 3.53. The average molecular weight is 314 g/mol. The van der Waals surface area contributed by atoms with Gasteiger partial charge in [-0.15, -0.1) is 0 Å². The maximum absolute atomic E-state index is 5.40. The number of methoxy groups -OCH3 is 1. The molecule has 0 amide bonds. The van der Waals surface area contributed by atoms with Gasteiger partial charge in [0, 0.05) is 4.47 Å². The topological polar surface area (TPSA) is 21.3 Å². The summed E-state index contributed by atoms with van der Waals surface area (Å²) in [5.41, 5.74) is 1.29. The van der Waals surface area contributed by atoms with Gasteiger partial charge in [-0.25, -0.2) is 0 Å². The van der Waals surface area contributed by atoms with Crippen LogP contribution in [0.4, 0.5) is 0 Å². The van der Waals surface area contributed by atoms with E-state index in [4.69, 9.17) is 4.74 Å². The lowest BCUT2D eigenvalue weighted by Gasteiger charge is -2.13. The molecular formula is C15H24BrNO. The fourth-order valence-electron chi connectivity index (χ4n) is 2.01. The van der Waals surface area contributed by atoms with Crippen LogP contribution >= 0.6 is 15.9 Å². The van der Waals surface area contributed by atoms with Gasteiger partial charge in [-0.1, -0.05) is 29.8 Å². The molecule has 0 heterocycles. The zero-order chi connectivity index (χ0) is 13.4. The average Bonchev–Trinajstić information content (AvgIpc) is 2.37. The summed E-state index contributed by atoms with van der Waals surface area (Å²) in [6, 6.07) is 6.22. The second-order valence-corrected chi connectivity index (χ2v) is 5.66. The summed E-state index contributed by atoms with van der Waals surface area (Å²) in [5.74, 6) is 1.74. The van der Waals surface area contributed by atoms with Crippen molar-refractivity contribution in [1.29, 1.82) is 0 Å². The van der Waals surface area contributed by atoms with Crippen LogP contribution in [-0.2, 0) is 6.42 Å². The van der Waals surface area contributed by atoms with Gasteiger partial charge in [0.05, 0.1) is 7.11 Å². The first kappa shape index (κ1) is 15.5. The minimum Gasteiger partial charge on any atom is -0.496 e. The highest BCUT2D eigenvalue weighted by atomic mass is 79.9. The number of hydrogen-bond acceptors (Lipinski definition) is 2. The van der Waals surface area contributed by atoms with Crippen LogP contribution < -0.4 is 10.1 Å². The van der Waals surface area contributed by atoms with Crippen molar-refractivity contribution in [2.24, 2.45) is 5.92 Å². The molecule has 1 aromatic rings. The number of hydrogen-bond donors (Lipinski definition) is 1. The highest BCUT2D eigenvalue weighted by Crippen LogP contribution is 2.25. The number of benzene rings is 1. The van der Waals surface area contributed by atoms with Crippen LogP contribution in [0.3, 0.4) is 0 Å². The molecule has 2 nitrogen and oxygen atoms in total. The maximum atomic E-state index is 5.40. The van der Waals surface area contributed by atoms with Crippen LogP contribution in [0.1, 0.15) is 32.3 Å². The third-order valence-corrected chi connectivity index (χ3v) is 3.71. The number of aryl methyl sites for hydroxylation is 1. The van der Waals surface area contributed by atoms with Crippen LogP contribution in [0.2, 0.25) is 0 Å². The second-order valence-electron chi connectivity index (χ2n) is 4.74. The van der Waals surface area contributed by atoms with E-state index >= 15 is 0 Å². The van der Waals surface area contributed by atoms with E-state index in [1.165, 1.54) is 18.4 Å². The molecule has 0 fully saturated rings. The number of rotatable bonds is 8. The van der Waals surface area contributed by atoms with Crippen LogP contribution in [-0.4, -0.2) is 20.2 Å². The minimum atomic E-state index is 0.743. The van der Waals surface area contributed by atoms with Crippen LogP contribution in [0.15, 0.2) is 22.7 Å². The van der Waals surface area contributed by atoms with Crippen molar-refractivity contribution < 1.29 is 4.74 Å². The van der Waals surface area contributed by atoms with E-state index in [2.05, 4.69) is 41.2 Å². The molecule has 1 rings (SSSR count). The Bertz CT molecular complexity index is 354. The first-order valence-corrected chi connectivity index (χ1v) is 7.49. The largest absolute Gasteiger partial charge is 0.496 e. The van der Waals surface area contributed by atoms with E-state index < -0.39 is 0 Å². The summed E-state index contributed by atoms with van der Waals surface area (Å²) in [6.45, 7) is 6.65. The van der Waals surface area contributed by atoms with Crippen molar-refractivity contribution in [2.75, 3.05) is 20.2 Å². The number of nitrogens with one attached hydrogen (secondary N) is 1. The smallest absolute Gasteiger partial charge is 0.122 e. The number of ether oxygens (including phenoxy) is 1. The maximum Gasteiger partial charge on any atom is 0.122 e. The molecule has 0 saturated carbocycles. The van der Waals surface area contributed by atoms with Gasteiger partial charge in [-0.3, -0.25) is 0 Å². The Kier molecular flexibility index (Phi) is 7.36. The van der Waals surface area contributed by atoms with Gasteiger partial charge >= 0.3 is 0 Å². The molecule has 1 N–H and O–H groups in total. The summed E-state index contributed by atoms with van der Waals surface area (Å²) < 4.78 is 6.52. The Morgan fingerprint density at radius 3 is 2.78 bits per heavy atom. The summed E-state index contributed by atoms with van der Waals surface area (Å²) in [7, 11) is 1.74. The van der Waals surface area contributed by atoms with Crippen molar-refractivity contribution in [3.05, 3.63) is 28.2 Å². The van der Waals surface area contributed by atoms with Crippen molar-refractivity contribution >= 4 is 15.9 Å². The molecule has 1 atom stereocenters. The fourth-order valence-corrected chi connectivity index (χ4v) is 2.42. The summed E-state index contributed by atoms with van der Waals surface area (Å²) >= 11 is 3.52. The van der Waals surface area contributed by atoms with Gasteiger partial charge in [0.15, 0.2) is 0 Å². The third kappa shape index (κ3) is 5.40. The minimum absolute atomic E-state index is 0.743. The normalized spacial score (nSPS) is 12.4. The molecule has 0 radical (unpaired) electrons. The van der Waals surface area contributed by atoms with Gasteiger partial charge in [0.1, 0.15) is 5.75 Å². The molecule has 1 aromatic carbocycles. The molecule has 3 heteroatoms.